The molecule has 0 spiro atoms. The Labute approximate surface area is 238 Å². The highest BCUT2D eigenvalue weighted by atomic mass is 35.5. The molecule has 1 aliphatic rings. The van der Waals surface area contributed by atoms with Crippen molar-refractivity contribution in [1.82, 2.24) is 9.97 Å². The number of hydrogen-bond acceptors (Lipinski definition) is 3. The molecule has 3 N–H and O–H groups in total. The van der Waals surface area contributed by atoms with Crippen LogP contribution >= 0.6 is 46.4 Å². The Morgan fingerprint density at radius 1 is 0.921 bits per heavy atom. The van der Waals surface area contributed by atoms with Gasteiger partial charge in [-0.1, -0.05) is 52.5 Å². The third-order valence-corrected chi connectivity index (χ3v) is 7.15. The van der Waals surface area contributed by atoms with Gasteiger partial charge in [-0.3, -0.25) is 9.59 Å². The molecule has 38 heavy (non-hydrogen) atoms. The molecule has 1 atom stereocenters. The fourth-order valence-corrected chi connectivity index (χ4v) is 5.49. The summed E-state index contributed by atoms with van der Waals surface area (Å²) < 4.78 is 0. The number of carbonyl (C=O) groups excluding carboxylic acids is 2. The van der Waals surface area contributed by atoms with Crippen LogP contribution < -0.4 is 10.6 Å². The maximum Gasteiger partial charge on any atom is 0.257 e. The van der Waals surface area contributed by atoms with E-state index >= 15 is 0 Å². The number of hydrogen-bond donors (Lipinski definition) is 3. The van der Waals surface area contributed by atoms with Crippen LogP contribution in [0.5, 0.6) is 0 Å². The van der Waals surface area contributed by atoms with Gasteiger partial charge in [0.25, 0.3) is 5.91 Å². The first kappa shape index (κ1) is 26.3. The topological polar surface area (TPSA) is 86.9 Å². The Morgan fingerprint density at radius 2 is 1.66 bits per heavy atom. The molecule has 1 aromatic heterocycles. The van der Waals surface area contributed by atoms with Crippen molar-refractivity contribution in [2.45, 2.75) is 13.3 Å². The Morgan fingerprint density at radius 3 is 2.37 bits per heavy atom. The Balaban J connectivity index is 1.30. The van der Waals surface area contributed by atoms with Gasteiger partial charge in [0.05, 0.1) is 27.0 Å². The summed E-state index contributed by atoms with van der Waals surface area (Å²) in [6.45, 7) is 1.79. The van der Waals surface area contributed by atoms with Gasteiger partial charge in [0.15, 0.2) is 0 Å². The second kappa shape index (κ2) is 10.5. The van der Waals surface area contributed by atoms with E-state index < -0.39 is 5.41 Å². The number of carbonyl (C=O) groups is 2. The molecule has 0 saturated carbocycles. The largest absolute Gasteiger partial charge is 0.338 e. The van der Waals surface area contributed by atoms with E-state index in [0.717, 1.165) is 16.6 Å². The summed E-state index contributed by atoms with van der Waals surface area (Å²) in [5.74, 6) is 0.0994. The minimum atomic E-state index is -0.854. The molecule has 6 nitrogen and oxygen atoms in total. The Hall–Kier alpha value is -3.29. The van der Waals surface area contributed by atoms with Crippen LogP contribution in [0.15, 0.2) is 82.9 Å². The van der Waals surface area contributed by atoms with Gasteiger partial charge in [0.1, 0.15) is 5.82 Å². The molecule has 0 fully saturated rings. The fourth-order valence-electron chi connectivity index (χ4n) is 4.18. The van der Waals surface area contributed by atoms with Crippen molar-refractivity contribution in [3.8, 4) is 11.4 Å². The number of anilines is 2. The molecule has 1 heterocycles. The second-order valence-electron chi connectivity index (χ2n) is 9.14. The van der Waals surface area contributed by atoms with Gasteiger partial charge in [-0.15, -0.1) is 0 Å². The average Bonchev–Trinajstić information content (AvgIpc) is 3.27. The van der Waals surface area contributed by atoms with Crippen LogP contribution in [-0.2, 0) is 4.79 Å². The number of aromatic amines is 1. The van der Waals surface area contributed by atoms with Gasteiger partial charge < -0.3 is 15.6 Å². The van der Waals surface area contributed by atoms with Crippen molar-refractivity contribution in [1.29, 1.82) is 0 Å². The highest BCUT2D eigenvalue weighted by molar-refractivity contribution is 6.37. The van der Waals surface area contributed by atoms with Crippen molar-refractivity contribution in [3.63, 3.8) is 0 Å². The van der Waals surface area contributed by atoms with E-state index in [1.165, 1.54) is 6.07 Å². The summed E-state index contributed by atoms with van der Waals surface area (Å²) >= 11 is 24.3. The van der Waals surface area contributed by atoms with Gasteiger partial charge in [-0.05, 0) is 73.7 Å². The second-order valence-corrected chi connectivity index (χ2v) is 10.9. The number of rotatable bonds is 5. The van der Waals surface area contributed by atoms with E-state index in [-0.39, 0.29) is 16.8 Å². The number of fused-ring (bicyclic) bond motifs is 1. The summed E-state index contributed by atoms with van der Waals surface area (Å²) in [7, 11) is 0. The number of amides is 2. The molecule has 0 bridgehead atoms. The molecule has 10 heteroatoms. The van der Waals surface area contributed by atoms with E-state index in [1.807, 2.05) is 24.3 Å². The summed E-state index contributed by atoms with van der Waals surface area (Å²) in [6.07, 6.45) is 3.72. The number of nitrogens with zero attached hydrogens (tertiary/aromatic N) is 1. The zero-order chi connectivity index (χ0) is 27.0. The summed E-state index contributed by atoms with van der Waals surface area (Å²) in [4.78, 5) is 33.5. The Bertz CT molecular complexity index is 1640. The quantitative estimate of drug-likeness (QED) is 0.220. The van der Waals surface area contributed by atoms with Crippen molar-refractivity contribution in [2.75, 3.05) is 10.6 Å². The lowest BCUT2D eigenvalue weighted by atomic mass is 9.82. The zero-order valence-corrected chi connectivity index (χ0v) is 22.9. The van der Waals surface area contributed by atoms with E-state index in [1.54, 1.807) is 49.4 Å². The highest BCUT2D eigenvalue weighted by Gasteiger charge is 2.34. The van der Waals surface area contributed by atoms with Crippen molar-refractivity contribution >= 4 is 80.6 Å². The van der Waals surface area contributed by atoms with Crippen LogP contribution in [0.25, 0.3) is 22.4 Å². The molecule has 0 radical (unpaired) electrons. The molecule has 5 rings (SSSR count). The number of aromatic nitrogens is 2. The molecule has 0 aliphatic heterocycles. The van der Waals surface area contributed by atoms with Crippen LogP contribution in [0.2, 0.25) is 10.0 Å². The first-order chi connectivity index (χ1) is 18.1. The zero-order valence-electron chi connectivity index (χ0n) is 19.9. The van der Waals surface area contributed by atoms with Gasteiger partial charge in [-0.25, -0.2) is 4.98 Å². The molecular formula is C28H20Cl4N4O2. The molecule has 0 saturated heterocycles. The molecular weight excluding hydrogens is 566 g/mol. The summed E-state index contributed by atoms with van der Waals surface area (Å²) in [5, 5.41) is 7.47. The molecule has 1 unspecified atom stereocenters. The molecule has 192 valence electrons. The fraction of sp³-hybridized carbons (Fsp3) is 0.107. The smallest absolute Gasteiger partial charge is 0.257 e. The minimum Gasteiger partial charge on any atom is -0.338 e. The number of allylic oxidation sites excluding steroid dienone is 3. The molecule has 2 amide bonds. The third kappa shape index (κ3) is 5.59. The first-order valence-corrected chi connectivity index (χ1v) is 13.0. The van der Waals surface area contributed by atoms with Crippen LogP contribution in [0, 0.1) is 5.41 Å². The van der Waals surface area contributed by atoms with Gasteiger partial charge in [-0.2, -0.15) is 0 Å². The molecule has 3 aromatic carbocycles. The van der Waals surface area contributed by atoms with Crippen molar-refractivity contribution in [3.05, 3.63) is 98.5 Å². The van der Waals surface area contributed by atoms with Crippen LogP contribution in [0.3, 0.4) is 0 Å². The third-order valence-electron chi connectivity index (χ3n) is 6.14. The number of H-pyrrole nitrogens is 1. The number of imidazole rings is 1. The highest BCUT2D eigenvalue weighted by Crippen LogP contribution is 2.38. The summed E-state index contributed by atoms with van der Waals surface area (Å²) in [6, 6.07) is 17.4. The standard InChI is InChI=1S/C28H20Cl4N4O2/c1-28(13-17(30)10-18(31)14-28)27(38)34-20-7-9-23-24(12-20)36-25(35-23)15-2-5-19(6-3-15)33-26(37)21-8-4-16(29)11-22(21)32/h2-13H,14H2,1H3,(H,33,37)(H,34,38)(H,35,36). The predicted octanol–water partition coefficient (Wildman–Crippen LogP) is 8.38. The van der Waals surface area contributed by atoms with Crippen LogP contribution in [0.1, 0.15) is 23.7 Å². The van der Waals surface area contributed by atoms with Crippen LogP contribution in [-0.4, -0.2) is 21.8 Å². The van der Waals surface area contributed by atoms with Gasteiger partial charge >= 0.3 is 0 Å². The average molecular weight is 586 g/mol. The number of benzene rings is 3. The van der Waals surface area contributed by atoms with E-state index in [0.29, 0.717) is 44.3 Å². The maximum atomic E-state index is 13.0. The number of halogens is 4. The first-order valence-electron chi connectivity index (χ1n) is 11.5. The van der Waals surface area contributed by atoms with E-state index in [9.17, 15) is 9.59 Å². The van der Waals surface area contributed by atoms with Gasteiger partial charge in [0, 0.05) is 38.4 Å². The van der Waals surface area contributed by atoms with E-state index in [4.69, 9.17) is 46.4 Å². The lowest BCUT2D eigenvalue weighted by molar-refractivity contribution is -0.122. The monoisotopic (exact) mass is 584 g/mol. The summed E-state index contributed by atoms with van der Waals surface area (Å²) in [5.41, 5.74) is 3.02. The predicted molar refractivity (Wildman–Crippen MR) is 155 cm³/mol. The lowest BCUT2D eigenvalue weighted by Gasteiger charge is -2.27. The lowest BCUT2D eigenvalue weighted by Crippen LogP contribution is -2.33. The van der Waals surface area contributed by atoms with Crippen molar-refractivity contribution in [2.24, 2.45) is 5.41 Å². The van der Waals surface area contributed by atoms with Crippen LogP contribution in [0.4, 0.5) is 11.4 Å². The maximum absolute atomic E-state index is 13.0. The number of nitrogens with one attached hydrogen (secondary N) is 3. The Kier molecular flexibility index (Phi) is 7.25. The minimum absolute atomic E-state index is 0.210. The SMILES string of the molecule is CC1(C(=O)Nc2ccc3nc(-c4ccc(NC(=O)c5ccc(Cl)cc5Cl)cc4)[nH]c3c2)C=C(Cl)C=C(Cl)C1. The molecule has 4 aromatic rings. The normalized spacial score (nSPS) is 17.1. The van der Waals surface area contributed by atoms with E-state index in [2.05, 4.69) is 20.6 Å². The molecule has 1 aliphatic carbocycles. The van der Waals surface area contributed by atoms with Gasteiger partial charge in [0.2, 0.25) is 5.91 Å². The van der Waals surface area contributed by atoms with Crippen molar-refractivity contribution < 1.29 is 9.59 Å².